The van der Waals surface area contributed by atoms with E-state index < -0.39 is 6.09 Å². The van der Waals surface area contributed by atoms with Crippen LogP contribution in [0.5, 0.6) is 11.5 Å². The lowest BCUT2D eigenvalue weighted by molar-refractivity contribution is 0.205. The van der Waals surface area contributed by atoms with E-state index in [1.165, 1.54) is 32.4 Å². The number of hydrogen-bond donors (Lipinski definition) is 1. The number of anilines is 3. The van der Waals surface area contributed by atoms with Crippen molar-refractivity contribution in [2.45, 2.75) is 52.9 Å². The van der Waals surface area contributed by atoms with Crippen molar-refractivity contribution in [2.75, 3.05) is 43.0 Å². The SMILES string of the molecule is Cc1cc(C)c(OC(=O)N(CCc2cccnc2)c2ccnc(Nc3ccc(OCCCN4CCCCC4)cc3)n2)c(C)c1. The third kappa shape index (κ3) is 8.76. The van der Waals surface area contributed by atoms with E-state index in [4.69, 9.17) is 9.47 Å². The summed E-state index contributed by atoms with van der Waals surface area (Å²) in [5.74, 6) is 2.20. The number of nitrogens with one attached hydrogen (secondary N) is 1. The summed E-state index contributed by atoms with van der Waals surface area (Å²) >= 11 is 0. The van der Waals surface area contributed by atoms with E-state index >= 15 is 0 Å². The maximum atomic E-state index is 13.6. The molecule has 1 aliphatic rings. The molecule has 4 aromatic rings. The molecule has 5 rings (SSSR count). The average Bonchev–Trinajstić information content (AvgIpc) is 3.03. The van der Waals surface area contributed by atoms with Crippen molar-refractivity contribution >= 4 is 23.5 Å². The van der Waals surface area contributed by atoms with Crippen molar-refractivity contribution in [1.29, 1.82) is 0 Å². The molecule has 44 heavy (non-hydrogen) atoms. The van der Waals surface area contributed by atoms with E-state index in [0.29, 0.717) is 37.1 Å². The quantitative estimate of drug-likeness (QED) is 0.175. The van der Waals surface area contributed by atoms with Crippen LogP contribution < -0.4 is 19.7 Å². The van der Waals surface area contributed by atoms with Gasteiger partial charge in [-0.3, -0.25) is 9.88 Å². The summed E-state index contributed by atoms with van der Waals surface area (Å²) in [4.78, 5) is 31.0. The fourth-order valence-electron chi connectivity index (χ4n) is 5.54. The number of likely N-dealkylation sites (tertiary alicyclic amines) is 1. The van der Waals surface area contributed by atoms with Gasteiger partial charge in [0.1, 0.15) is 17.3 Å². The molecule has 230 valence electrons. The second-order valence-corrected chi connectivity index (χ2v) is 11.4. The number of nitrogens with zero attached hydrogens (tertiary/aromatic N) is 5. The van der Waals surface area contributed by atoms with E-state index in [1.54, 1.807) is 29.6 Å². The molecule has 1 N–H and O–H groups in total. The summed E-state index contributed by atoms with van der Waals surface area (Å²) < 4.78 is 11.9. The van der Waals surface area contributed by atoms with E-state index in [2.05, 4.69) is 25.2 Å². The summed E-state index contributed by atoms with van der Waals surface area (Å²) in [5, 5.41) is 3.25. The van der Waals surface area contributed by atoms with Crippen LogP contribution in [0, 0.1) is 20.8 Å². The van der Waals surface area contributed by atoms with Crippen LogP contribution in [0.25, 0.3) is 0 Å². The van der Waals surface area contributed by atoms with Crippen LogP contribution in [-0.4, -0.2) is 58.7 Å². The fourth-order valence-corrected chi connectivity index (χ4v) is 5.54. The molecule has 0 spiro atoms. The first kappa shape index (κ1) is 30.9. The topological polar surface area (TPSA) is 92.7 Å². The van der Waals surface area contributed by atoms with Crippen molar-refractivity contribution in [3.8, 4) is 11.5 Å². The minimum Gasteiger partial charge on any atom is -0.494 e. The Hall–Kier alpha value is -4.50. The standard InChI is InChI=1S/C35H42N6O3/c1-26-23-27(2)33(28(3)24-26)44-35(42)41(21-15-29-9-7-16-36-25-29)32-14-17-37-34(39-32)38-30-10-12-31(13-11-30)43-22-8-20-40-18-5-4-6-19-40/h7,9-14,16-17,23-25H,4-6,8,15,18-22H2,1-3H3,(H,37,38,39). The van der Waals surface area contributed by atoms with Gasteiger partial charge in [0.15, 0.2) is 0 Å². The maximum Gasteiger partial charge on any atom is 0.420 e. The first-order valence-electron chi connectivity index (χ1n) is 15.5. The molecule has 3 heterocycles. The molecule has 0 unspecified atom stereocenters. The monoisotopic (exact) mass is 594 g/mol. The van der Waals surface area contributed by atoms with Gasteiger partial charge in [0.05, 0.1) is 6.61 Å². The smallest absolute Gasteiger partial charge is 0.420 e. The van der Waals surface area contributed by atoms with Gasteiger partial charge in [-0.2, -0.15) is 4.98 Å². The van der Waals surface area contributed by atoms with Gasteiger partial charge < -0.3 is 19.7 Å². The predicted molar refractivity (Wildman–Crippen MR) is 174 cm³/mol. The molecule has 1 fully saturated rings. The van der Waals surface area contributed by atoms with Crippen LogP contribution in [0.3, 0.4) is 0 Å². The second-order valence-electron chi connectivity index (χ2n) is 11.4. The molecule has 0 radical (unpaired) electrons. The van der Waals surface area contributed by atoms with Crippen molar-refractivity contribution in [2.24, 2.45) is 0 Å². The maximum absolute atomic E-state index is 13.6. The molecule has 9 nitrogen and oxygen atoms in total. The predicted octanol–water partition coefficient (Wildman–Crippen LogP) is 7.04. The van der Waals surface area contributed by atoms with E-state index in [-0.39, 0.29) is 0 Å². The summed E-state index contributed by atoms with van der Waals surface area (Å²) in [6.07, 6.45) is 10.2. The van der Waals surface area contributed by atoms with Gasteiger partial charge in [0, 0.05) is 37.4 Å². The molecule has 1 aliphatic heterocycles. The summed E-state index contributed by atoms with van der Waals surface area (Å²) in [5.41, 5.74) is 4.75. The highest BCUT2D eigenvalue weighted by Crippen LogP contribution is 2.27. The Morgan fingerprint density at radius 2 is 1.75 bits per heavy atom. The molecule has 0 saturated carbocycles. The Morgan fingerprint density at radius 1 is 0.977 bits per heavy atom. The van der Waals surface area contributed by atoms with E-state index in [1.807, 2.05) is 69.3 Å². The zero-order valence-corrected chi connectivity index (χ0v) is 26.0. The van der Waals surface area contributed by atoms with Gasteiger partial charge in [0.2, 0.25) is 5.95 Å². The normalized spacial score (nSPS) is 13.3. The molecule has 2 aromatic carbocycles. The molecule has 1 amide bonds. The fraction of sp³-hybridized carbons (Fsp3) is 0.371. The Bertz CT molecular complexity index is 1480. The molecular formula is C35H42N6O3. The van der Waals surface area contributed by atoms with Crippen molar-refractivity contribution < 1.29 is 14.3 Å². The van der Waals surface area contributed by atoms with Gasteiger partial charge >= 0.3 is 6.09 Å². The summed E-state index contributed by atoms with van der Waals surface area (Å²) in [7, 11) is 0. The largest absolute Gasteiger partial charge is 0.494 e. The van der Waals surface area contributed by atoms with Gasteiger partial charge in [-0.1, -0.05) is 30.2 Å². The lowest BCUT2D eigenvalue weighted by Crippen LogP contribution is -2.36. The van der Waals surface area contributed by atoms with Gasteiger partial charge in [0.25, 0.3) is 0 Å². The number of aromatic nitrogens is 3. The van der Waals surface area contributed by atoms with Gasteiger partial charge in [-0.25, -0.2) is 9.78 Å². The number of rotatable bonds is 12. The Kier molecular flexibility index (Phi) is 10.8. The summed E-state index contributed by atoms with van der Waals surface area (Å²) in [6.45, 7) is 10.5. The summed E-state index contributed by atoms with van der Waals surface area (Å²) in [6, 6.07) is 17.4. The zero-order valence-electron chi connectivity index (χ0n) is 26.0. The number of pyridine rings is 1. The number of aryl methyl sites for hydroxylation is 3. The second kappa shape index (κ2) is 15.3. The van der Waals surface area contributed by atoms with Crippen LogP contribution in [0.15, 0.2) is 73.2 Å². The van der Waals surface area contributed by atoms with Crippen LogP contribution in [-0.2, 0) is 6.42 Å². The first-order valence-corrected chi connectivity index (χ1v) is 15.5. The molecule has 0 bridgehead atoms. The number of amides is 1. The highest BCUT2D eigenvalue weighted by molar-refractivity contribution is 5.88. The molecule has 2 aromatic heterocycles. The highest BCUT2D eigenvalue weighted by atomic mass is 16.6. The Labute approximate surface area is 260 Å². The first-order chi connectivity index (χ1) is 21.4. The number of carbonyl (C=O) groups is 1. The van der Waals surface area contributed by atoms with E-state index in [9.17, 15) is 4.79 Å². The third-order valence-electron chi connectivity index (χ3n) is 7.73. The van der Waals surface area contributed by atoms with Crippen molar-refractivity contribution in [3.05, 3.63) is 95.4 Å². The molecule has 9 heteroatoms. The Balaban J connectivity index is 1.24. The Morgan fingerprint density at radius 3 is 2.48 bits per heavy atom. The van der Waals surface area contributed by atoms with Crippen molar-refractivity contribution in [3.63, 3.8) is 0 Å². The number of benzene rings is 2. The van der Waals surface area contributed by atoms with Crippen molar-refractivity contribution in [1.82, 2.24) is 19.9 Å². The van der Waals surface area contributed by atoms with Crippen LogP contribution in [0.4, 0.5) is 22.2 Å². The highest BCUT2D eigenvalue weighted by Gasteiger charge is 2.22. The molecule has 0 aliphatic carbocycles. The van der Waals surface area contributed by atoms with Gasteiger partial charge in [-0.05, 0) is 113 Å². The number of hydrogen-bond acceptors (Lipinski definition) is 8. The number of carbonyl (C=O) groups excluding carboxylic acids is 1. The lowest BCUT2D eigenvalue weighted by Gasteiger charge is -2.26. The number of ether oxygens (including phenoxy) is 2. The number of piperidine rings is 1. The molecule has 0 atom stereocenters. The molecular weight excluding hydrogens is 552 g/mol. The third-order valence-corrected chi connectivity index (χ3v) is 7.73. The minimum atomic E-state index is -0.504. The van der Waals surface area contributed by atoms with Crippen LogP contribution in [0.1, 0.15) is 47.9 Å². The van der Waals surface area contributed by atoms with E-state index in [0.717, 1.165) is 46.7 Å². The van der Waals surface area contributed by atoms with Crippen LogP contribution in [0.2, 0.25) is 0 Å². The lowest BCUT2D eigenvalue weighted by atomic mass is 10.1. The van der Waals surface area contributed by atoms with Gasteiger partial charge in [-0.15, -0.1) is 0 Å². The van der Waals surface area contributed by atoms with Crippen LogP contribution >= 0.6 is 0 Å². The molecule has 1 saturated heterocycles. The zero-order chi connectivity index (χ0) is 30.7. The minimum absolute atomic E-state index is 0.356. The average molecular weight is 595 g/mol.